The highest BCUT2D eigenvalue weighted by Gasteiger charge is 2.10. The summed E-state index contributed by atoms with van der Waals surface area (Å²) < 4.78 is 5.45. The maximum absolute atomic E-state index is 5.45. The number of nitrogens with one attached hydrogen (secondary N) is 1. The molecule has 0 aromatic carbocycles. The summed E-state index contributed by atoms with van der Waals surface area (Å²) >= 11 is 0. The number of nitrogens with zero attached hydrogens (tertiary/aromatic N) is 3. The molecule has 74 valence electrons. The SMILES string of the molecule is CC(C)c1nnc(Cc2ccn[nH]2)o1. The number of aromatic nitrogens is 4. The summed E-state index contributed by atoms with van der Waals surface area (Å²) in [6.45, 7) is 4.04. The maximum Gasteiger partial charge on any atom is 0.222 e. The van der Waals surface area contributed by atoms with Crippen LogP contribution in [0.2, 0.25) is 0 Å². The van der Waals surface area contributed by atoms with Crippen molar-refractivity contribution in [3.63, 3.8) is 0 Å². The molecule has 0 atom stereocenters. The zero-order valence-corrected chi connectivity index (χ0v) is 8.19. The summed E-state index contributed by atoms with van der Waals surface area (Å²) in [6, 6.07) is 1.89. The predicted molar refractivity (Wildman–Crippen MR) is 49.8 cm³/mol. The number of H-pyrrole nitrogens is 1. The van der Waals surface area contributed by atoms with Crippen molar-refractivity contribution in [3.8, 4) is 0 Å². The molecule has 5 heteroatoms. The normalized spacial score (nSPS) is 11.1. The van der Waals surface area contributed by atoms with Gasteiger partial charge in [-0.1, -0.05) is 13.8 Å². The lowest BCUT2D eigenvalue weighted by Crippen LogP contribution is -1.88. The third-order valence-electron chi connectivity index (χ3n) is 1.88. The van der Waals surface area contributed by atoms with Crippen molar-refractivity contribution in [1.82, 2.24) is 20.4 Å². The van der Waals surface area contributed by atoms with E-state index in [4.69, 9.17) is 4.42 Å². The molecule has 5 nitrogen and oxygen atoms in total. The molecule has 0 aliphatic heterocycles. The molecule has 2 heterocycles. The Hall–Kier alpha value is -1.65. The van der Waals surface area contributed by atoms with Crippen LogP contribution in [-0.4, -0.2) is 20.4 Å². The summed E-state index contributed by atoms with van der Waals surface area (Å²) in [5.41, 5.74) is 0.976. The van der Waals surface area contributed by atoms with E-state index >= 15 is 0 Å². The van der Waals surface area contributed by atoms with Crippen molar-refractivity contribution in [1.29, 1.82) is 0 Å². The molecule has 2 rings (SSSR count). The zero-order chi connectivity index (χ0) is 9.97. The number of rotatable bonds is 3. The topological polar surface area (TPSA) is 67.6 Å². The van der Waals surface area contributed by atoms with E-state index in [1.54, 1.807) is 6.20 Å². The van der Waals surface area contributed by atoms with Gasteiger partial charge in [-0.25, -0.2) is 0 Å². The highest BCUT2D eigenvalue weighted by atomic mass is 16.4. The van der Waals surface area contributed by atoms with Gasteiger partial charge in [-0.15, -0.1) is 10.2 Å². The Morgan fingerprint density at radius 3 is 2.86 bits per heavy atom. The molecular weight excluding hydrogens is 180 g/mol. The monoisotopic (exact) mass is 192 g/mol. The molecule has 0 saturated heterocycles. The highest BCUT2D eigenvalue weighted by molar-refractivity contribution is 5.04. The third-order valence-corrected chi connectivity index (χ3v) is 1.88. The van der Waals surface area contributed by atoms with Gasteiger partial charge < -0.3 is 4.42 Å². The van der Waals surface area contributed by atoms with Gasteiger partial charge in [0.05, 0.1) is 6.42 Å². The Bertz CT molecular complexity index is 391. The van der Waals surface area contributed by atoms with Crippen molar-refractivity contribution in [2.45, 2.75) is 26.2 Å². The second-order valence-corrected chi connectivity index (χ2v) is 3.45. The van der Waals surface area contributed by atoms with E-state index in [-0.39, 0.29) is 5.92 Å². The first-order valence-corrected chi connectivity index (χ1v) is 4.56. The number of hydrogen-bond acceptors (Lipinski definition) is 4. The van der Waals surface area contributed by atoms with E-state index < -0.39 is 0 Å². The second-order valence-electron chi connectivity index (χ2n) is 3.45. The van der Waals surface area contributed by atoms with Crippen LogP contribution in [0.3, 0.4) is 0 Å². The maximum atomic E-state index is 5.45. The van der Waals surface area contributed by atoms with Gasteiger partial charge in [-0.05, 0) is 6.07 Å². The summed E-state index contributed by atoms with van der Waals surface area (Å²) in [5, 5.41) is 14.6. The van der Waals surface area contributed by atoms with Crippen LogP contribution in [0.25, 0.3) is 0 Å². The molecule has 0 unspecified atom stereocenters. The average molecular weight is 192 g/mol. The molecule has 0 spiro atoms. The third kappa shape index (κ3) is 1.81. The van der Waals surface area contributed by atoms with Crippen LogP contribution in [0.4, 0.5) is 0 Å². The van der Waals surface area contributed by atoms with Crippen molar-refractivity contribution in [3.05, 3.63) is 29.7 Å². The molecule has 0 aliphatic carbocycles. The van der Waals surface area contributed by atoms with Gasteiger partial charge in [0.1, 0.15) is 0 Å². The fourth-order valence-electron chi connectivity index (χ4n) is 1.12. The van der Waals surface area contributed by atoms with Crippen molar-refractivity contribution >= 4 is 0 Å². The van der Waals surface area contributed by atoms with Gasteiger partial charge >= 0.3 is 0 Å². The molecule has 14 heavy (non-hydrogen) atoms. The molecule has 0 saturated carbocycles. The van der Waals surface area contributed by atoms with E-state index in [0.717, 1.165) is 5.69 Å². The van der Waals surface area contributed by atoms with Crippen LogP contribution < -0.4 is 0 Å². The number of hydrogen-bond donors (Lipinski definition) is 1. The first-order chi connectivity index (χ1) is 6.75. The van der Waals surface area contributed by atoms with E-state index in [1.165, 1.54) is 0 Å². The summed E-state index contributed by atoms with van der Waals surface area (Å²) in [4.78, 5) is 0. The standard InChI is InChI=1S/C9H12N4O/c1-6(2)9-13-12-8(14-9)5-7-3-4-10-11-7/h3-4,6H,5H2,1-2H3,(H,10,11). The zero-order valence-electron chi connectivity index (χ0n) is 8.19. The van der Waals surface area contributed by atoms with Gasteiger partial charge in [0.25, 0.3) is 0 Å². The lowest BCUT2D eigenvalue weighted by Gasteiger charge is -1.94. The lowest BCUT2D eigenvalue weighted by molar-refractivity contribution is 0.438. The first kappa shape index (κ1) is 8.93. The Balaban J connectivity index is 2.11. The Kier molecular flexibility index (Phi) is 2.30. The smallest absolute Gasteiger partial charge is 0.222 e. The average Bonchev–Trinajstić information content (AvgIpc) is 2.75. The summed E-state index contributed by atoms with van der Waals surface area (Å²) in [7, 11) is 0. The van der Waals surface area contributed by atoms with E-state index in [0.29, 0.717) is 18.2 Å². The minimum Gasteiger partial charge on any atom is -0.425 e. The molecule has 0 radical (unpaired) electrons. The minimum atomic E-state index is 0.276. The molecule has 0 aliphatic rings. The Labute approximate surface area is 81.5 Å². The lowest BCUT2D eigenvalue weighted by atomic mass is 10.2. The molecule has 1 N–H and O–H groups in total. The fourth-order valence-corrected chi connectivity index (χ4v) is 1.12. The molecular formula is C9H12N4O. The van der Waals surface area contributed by atoms with Crippen molar-refractivity contribution in [2.75, 3.05) is 0 Å². The molecule has 2 aromatic heterocycles. The number of aromatic amines is 1. The minimum absolute atomic E-state index is 0.276. The highest BCUT2D eigenvalue weighted by Crippen LogP contribution is 2.13. The molecule has 2 aromatic rings. The van der Waals surface area contributed by atoms with Gasteiger partial charge in [0.2, 0.25) is 11.8 Å². The van der Waals surface area contributed by atoms with Crippen LogP contribution in [0.15, 0.2) is 16.7 Å². The molecule has 0 bridgehead atoms. The largest absolute Gasteiger partial charge is 0.425 e. The molecule has 0 amide bonds. The van der Waals surface area contributed by atoms with Crippen LogP contribution in [0.5, 0.6) is 0 Å². The van der Waals surface area contributed by atoms with Crippen LogP contribution in [-0.2, 0) is 6.42 Å². The van der Waals surface area contributed by atoms with E-state index in [2.05, 4.69) is 20.4 Å². The van der Waals surface area contributed by atoms with Crippen molar-refractivity contribution in [2.24, 2.45) is 0 Å². The van der Waals surface area contributed by atoms with Crippen LogP contribution >= 0.6 is 0 Å². The van der Waals surface area contributed by atoms with Gasteiger partial charge in [0.15, 0.2) is 0 Å². The van der Waals surface area contributed by atoms with Gasteiger partial charge in [0, 0.05) is 17.8 Å². The molecule has 0 fully saturated rings. The second kappa shape index (κ2) is 3.61. The van der Waals surface area contributed by atoms with Gasteiger partial charge in [-0.2, -0.15) is 5.10 Å². The van der Waals surface area contributed by atoms with Crippen LogP contribution in [0, 0.1) is 0 Å². The van der Waals surface area contributed by atoms with E-state index in [9.17, 15) is 0 Å². The Morgan fingerprint density at radius 1 is 1.43 bits per heavy atom. The van der Waals surface area contributed by atoms with Crippen molar-refractivity contribution < 1.29 is 4.42 Å². The van der Waals surface area contributed by atoms with Gasteiger partial charge in [-0.3, -0.25) is 5.10 Å². The quantitative estimate of drug-likeness (QED) is 0.800. The fraction of sp³-hybridized carbons (Fsp3) is 0.444. The van der Waals surface area contributed by atoms with Crippen LogP contribution in [0.1, 0.15) is 37.2 Å². The van der Waals surface area contributed by atoms with E-state index in [1.807, 2.05) is 19.9 Å². The summed E-state index contributed by atoms with van der Waals surface area (Å²) in [6.07, 6.45) is 2.31. The Morgan fingerprint density at radius 2 is 2.29 bits per heavy atom. The first-order valence-electron chi connectivity index (χ1n) is 4.56. The predicted octanol–water partition coefficient (Wildman–Crippen LogP) is 1.51. The summed E-state index contributed by atoms with van der Waals surface area (Å²) in [5.74, 6) is 1.58.